The molecule has 264 valence electrons. The van der Waals surface area contributed by atoms with E-state index in [1.807, 2.05) is 13.8 Å². The van der Waals surface area contributed by atoms with E-state index in [1.165, 1.54) is 35.8 Å². The van der Waals surface area contributed by atoms with E-state index in [0.717, 1.165) is 19.6 Å². The SMILES string of the molecule is COC1CN(CCCn2cccc(C(=O)N[C@@H](CC(C)C)C(=O)N[C@@H](CC(=O)O)c3cc(-c4c(C)cc(F)cc4C)cc(C)c3F)c2=O)C1. The van der Waals surface area contributed by atoms with Crippen molar-refractivity contribution in [3.8, 4) is 11.1 Å². The Bertz CT molecular complexity index is 1730. The van der Waals surface area contributed by atoms with Crippen LogP contribution < -0.4 is 16.2 Å². The Morgan fingerprint density at radius 3 is 2.29 bits per heavy atom. The highest BCUT2D eigenvalue weighted by Gasteiger charge is 2.30. The molecule has 2 atom stereocenters. The van der Waals surface area contributed by atoms with Gasteiger partial charge >= 0.3 is 5.97 Å². The molecule has 0 radical (unpaired) electrons. The molecule has 10 nitrogen and oxygen atoms in total. The Hall–Kier alpha value is -4.42. The molecule has 2 heterocycles. The highest BCUT2D eigenvalue weighted by Crippen LogP contribution is 2.34. The summed E-state index contributed by atoms with van der Waals surface area (Å²) in [5, 5.41) is 15.1. The van der Waals surface area contributed by atoms with Gasteiger partial charge in [-0.2, -0.15) is 0 Å². The number of amides is 2. The number of hydrogen-bond acceptors (Lipinski definition) is 6. The van der Waals surface area contributed by atoms with Gasteiger partial charge in [0.1, 0.15) is 23.2 Å². The first-order chi connectivity index (χ1) is 23.2. The quantitative estimate of drug-likeness (QED) is 0.208. The number of benzene rings is 2. The molecule has 0 aliphatic carbocycles. The van der Waals surface area contributed by atoms with Crippen molar-refractivity contribution in [2.45, 2.75) is 78.6 Å². The molecule has 2 aromatic carbocycles. The third-order valence-electron chi connectivity index (χ3n) is 8.86. The molecule has 49 heavy (non-hydrogen) atoms. The molecule has 0 bridgehead atoms. The Kier molecular flexibility index (Phi) is 12.5. The zero-order valence-corrected chi connectivity index (χ0v) is 28.9. The van der Waals surface area contributed by atoms with Crippen LogP contribution in [0.4, 0.5) is 8.78 Å². The average molecular weight is 681 g/mol. The number of nitrogens with zero attached hydrogens (tertiary/aromatic N) is 2. The molecule has 2 amide bonds. The number of likely N-dealkylation sites (tertiary alicyclic amines) is 1. The summed E-state index contributed by atoms with van der Waals surface area (Å²) >= 11 is 0. The third kappa shape index (κ3) is 9.39. The normalized spacial score (nSPS) is 14.7. The fourth-order valence-electron chi connectivity index (χ4n) is 6.39. The molecular formula is C37H46F2N4O6. The van der Waals surface area contributed by atoms with Crippen molar-refractivity contribution in [3.05, 3.63) is 92.4 Å². The van der Waals surface area contributed by atoms with Crippen molar-refractivity contribution >= 4 is 17.8 Å². The van der Waals surface area contributed by atoms with Crippen LogP contribution in [-0.4, -0.2) is 71.2 Å². The molecule has 1 aliphatic heterocycles. The first kappa shape index (κ1) is 37.4. The van der Waals surface area contributed by atoms with Gasteiger partial charge in [-0.25, -0.2) is 8.78 Å². The van der Waals surface area contributed by atoms with Gasteiger partial charge in [0.05, 0.1) is 18.6 Å². The van der Waals surface area contributed by atoms with E-state index < -0.39 is 53.5 Å². The predicted octanol–water partition coefficient (Wildman–Crippen LogP) is 4.92. The van der Waals surface area contributed by atoms with Crippen LogP contribution in [0.3, 0.4) is 0 Å². The van der Waals surface area contributed by atoms with Crippen molar-refractivity contribution < 1.29 is 33.0 Å². The Labute approximate surface area is 285 Å². The van der Waals surface area contributed by atoms with Gasteiger partial charge in [0.2, 0.25) is 5.91 Å². The molecule has 3 aromatic rings. The number of aliphatic carboxylic acids is 1. The van der Waals surface area contributed by atoms with Gasteiger partial charge in [-0.3, -0.25) is 24.1 Å². The summed E-state index contributed by atoms with van der Waals surface area (Å²) in [5.74, 6) is -3.91. The zero-order chi connectivity index (χ0) is 36.0. The van der Waals surface area contributed by atoms with Crippen LogP contribution in [0.2, 0.25) is 0 Å². The Balaban J connectivity index is 1.56. The van der Waals surface area contributed by atoms with E-state index >= 15 is 4.39 Å². The van der Waals surface area contributed by atoms with Crippen molar-refractivity contribution in [1.82, 2.24) is 20.1 Å². The third-order valence-corrected chi connectivity index (χ3v) is 8.86. The molecule has 1 saturated heterocycles. The number of rotatable bonds is 15. The lowest BCUT2D eigenvalue weighted by Crippen LogP contribution is -2.52. The van der Waals surface area contributed by atoms with Crippen LogP contribution in [0.5, 0.6) is 0 Å². The number of hydrogen-bond donors (Lipinski definition) is 3. The minimum Gasteiger partial charge on any atom is -0.481 e. The van der Waals surface area contributed by atoms with E-state index in [2.05, 4.69) is 15.5 Å². The minimum atomic E-state index is -1.30. The number of carbonyl (C=O) groups is 3. The van der Waals surface area contributed by atoms with Crippen LogP contribution >= 0.6 is 0 Å². The number of methoxy groups -OCH3 is 1. The Morgan fingerprint density at radius 1 is 1.00 bits per heavy atom. The molecule has 0 spiro atoms. The van der Waals surface area contributed by atoms with Gasteiger partial charge in [0, 0.05) is 45.0 Å². The smallest absolute Gasteiger partial charge is 0.305 e. The molecule has 12 heteroatoms. The van der Waals surface area contributed by atoms with Crippen molar-refractivity contribution in [3.63, 3.8) is 0 Å². The maximum atomic E-state index is 15.7. The van der Waals surface area contributed by atoms with E-state index in [1.54, 1.807) is 39.3 Å². The Morgan fingerprint density at radius 2 is 1.67 bits per heavy atom. The van der Waals surface area contributed by atoms with Crippen LogP contribution in [0.25, 0.3) is 11.1 Å². The second-order valence-corrected chi connectivity index (χ2v) is 13.3. The fourth-order valence-corrected chi connectivity index (χ4v) is 6.39. The molecule has 1 fully saturated rings. The van der Waals surface area contributed by atoms with Crippen LogP contribution in [0, 0.1) is 38.3 Å². The summed E-state index contributed by atoms with van der Waals surface area (Å²) in [6.07, 6.45) is 2.08. The summed E-state index contributed by atoms with van der Waals surface area (Å²) in [6.45, 7) is 11.6. The van der Waals surface area contributed by atoms with Gasteiger partial charge in [-0.05, 0) is 104 Å². The second-order valence-electron chi connectivity index (χ2n) is 13.3. The first-order valence-electron chi connectivity index (χ1n) is 16.5. The summed E-state index contributed by atoms with van der Waals surface area (Å²) in [5.41, 5.74) is 1.99. The highest BCUT2D eigenvalue weighted by molar-refractivity contribution is 5.97. The van der Waals surface area contributed by atoms with Gasteiger partial charge in [-0.1, -0.05) is 13.8 Å². The van der Waals surface area contributed by atoms with Gasteiger partial charge < -0.3 is 25.0 Å². The van der Waals surface area contributed by atoms with E-state index in [0.29, 0.717) is 35.2 Å². The number of nitrogens with one attached hydrogen (secondary N) is 2. The lowest BCUT2D eigenvalue weighted by Gasteiger charge is -2.38. The number of aryl methyl sites for hydroxylation is 4. The lowest BCUT2D eigenvalue weighted by atomic mass is 9.90. The number of pyridine rings is 1. The molecule has 3 N–H and O–H groups in total. The second kappa shape index (κ2) is 16.3. The number of carboxylic acids is 1. The molecule has 0 unspecified atom stereocenters. The van der Waals surface area contributed by atoms with E-state index in [4.69, 9.17) is 4.74 Å². The zero-order valence-electron chi connectivity index (χ0n) is 28.9. The van der Waals surface area contributed by atoms with Crippen LogP contribution in [0.1, 0.15) is 71.8 Å². The summed E-state index contributed by atoms with van der Waals surface area (Å²) in [7, 11) is 1.68. The van der Waals surface area contributed by atoms with Crippen molar-refractivity contribution in [2.75, 3.05) is 26.7 Å². The number of ether oxygens (including phenoxy) is 1. The molecule has 1 aromatic heterocycles. The molecule has 0 saturated carbocycles. The number of aromatic nitrogens is 1. The maximum absolute atomic E-state index is 15.7. The summed E-state index contributed by atoms with van der Waals surface area (Å²) in [4.78, 5) is 54.6. The number of halogens is 2. The number of carbonyl (C=O) groups excluding carboxylic acids is 2. The van der Waals surface area contributed by atoms with E-state index in [-0.39, 0.29) is 35.1 Å². The van der Waals surface area contributed by atoms with Crippen LogP contribution in [0.15, 0.2) is 47.4 Å². The standard InChI is InChI=1S/C37H46F2N4O6/c1-21(2)13-31(41-35(46)28-9-7-11-43(37(28)48)12-8-10-42-19-27(20-42)49-6)36(47)40-30(18-32(44)45)29-17-25(14-24(5)34(29)39)33-22(3)15-26(38)16-23(33)4/h7,9,11,14-17,21,27,30-31H,8,10,12-13,18-20H2,1-6H3,(H,40,47)(H,41,46)(H,44,45)/t30-,31-/m0/s1. The van der Waals surface area contributed by atoms with Gasteiger partial charge in [0.15, 0.2) is 0 Å². The highest BCUT2D eigenvalue weighted by atomic mass is 19.1. The first-order valence-corrected chi connectivity index (χ1v) is 16.5. The van der Waals surface area contributed by atoms with E-state index in [9.17, 15) is 28.7 Å². The lowest BCUT2D eigenvalue weighted by molar-refractivity contribution is -0.137. The van der Waals surface area contributed by atoms with Crippen molar-refractivity contribution in [2.24, 2.45) is 5.92 Å². The van der Waals surface area contributed by atoms with Gasteiger partial charge in [0.25, 0.3) is 11.5 Å². The predicted molar refractivity (Wildman–Crippen MR) is 182 cm³/mol. The minimum absolute atomic E-state index is 0.0505. The summed E-state index contributed by atoms with van der Waals surface area (Å²) in [6, 6.07) is 6.36. The van der Waals surface area contributed by atoms with Gasteiger partial charge in [-0.15, -0.1) is 0 Å². The molecule has 1 aliphatic rings. The van der Waals surface area contributed by atoms with Crippen LogP contribution in [-0.2, 0) is 20.9 Å². The number of carboxylic acid groups (broad SMARTS) is 1. The molecular weight excluding hydrogens is 634 g/mol. The maximum Gasteiger partial charge on any atom is 0.305 e. The molecule has 4 rings (SSSR count). The van der Waals surface area contributed by atoms with Crippen molar-refractivity contribution in [1.29, 1.82) is 0 Å². The topological polar surface area (TPSA) is 130 Å². The monoisotopic (exact) mass is 680 g/mol. The summed E-state index contributed by atoms with van der Waals surface area (Å²) < 4.78 is 36.5. The fraction of sp³-hybridized carbons (Fsp3) is 0.459. The largest absolute Gasteiger partial charge is 0.481 e. The average Bonchev–Trinajstić information content (AvgIpc) is 2.99.